The van der Waals surface area contributed by atoms with Crippen molar-refractivity contribution in [3.8, 4) is 0 Å². The zero-order valence-corrected chi connectivity index (χ0v) is 11.1. The molecule has 3 heteroatoms. The first-order chi connectivity index (χ1) is 7.98. The molecule has 1 heterocycles. The van der Waals surface area contributed by atoms with Crippen molar-refractivity contribution in [1.29, 1.82) is 0 Å². The lowest BCUT2D eigenvalue weighted by Gasteiger charge is -2.40. The van der Waals surface area contributed by atoms with Gasteiger partial charge in [0.1, 0.15) is 0 Å². The van der Waals surface area contributed by atoms with Crippen LogP contribution in [0.25, 0.3) is 0 Å². The Morgan fingerprint density at radius 2 is 2.00 bits per heavy atom. The first kappa shape index (κ1) is 12.5. The second kappa shape index (κ2) is 4.73. The minimum absolute atomic E-state index is 0.241. The number of hydrogen-bond acceptors (Lipinski definition) is 3. The Balaban J connectivity index is 2.16. The van der Waals surface area contributed by atoms with Crippen LogP contribution in [0, 0.1) is 11.3 Å². The third kappa shape index (κ3) is 2.83. The highest BCUT2D eigenvalue weighted by Gasteiger charge is 2.35. The van der Waals surface area contributed by atoms with Crippen molar-refractivity contribution in [3.63, 3.8) is 0 Å². The summed E-state index contributed by atoms with van der Waals surface area (Å²) in [7, 11) is 0. The highest BCUT2D eigenvalue weighted by molar-refractivity contribution is 5.09. The summed E-state index contributed by atoms with van der Waals surface area (Å²) < 4.78 is 0. The van der Waals surface area contributed by atoms with Crippen molar-refractivity contribution in [2.75, 3.05) is 0 Å². The van der Waals surface area contributed by atoms with Gasteiger partial charge in [-0.15, -0.1) is 0 Å². The maximum absolute atomic E-state index is 6.25. The van der Waals surface area contributed by atoms with Gasteiger partial charge in [-0.1, -0.05) is 20.8 Å². The van der Waals surface area contributed by atoms with Crippen LogP contribution in [0.3, 0.4) is 0 Å². The van der Waals surface area contributed by atoms with Crippen LogP contribution in [-0.2, 0) is 0 Å². The van der Waals surface area contributed by atoms with E-state index in [2.05, 4.69) is 30.7 Å². The molecule has 1 fully saturated rings. The van der Waals surface area contributed by atoms with E-state index in [0.29, 0.717) is 11.3 Å². The normalized spacial score (nSPS) is 30.2. The molecule has 0 radical (unpaired) electrons. The van der Waals surface area contributed by atoms with Crippen molar-refractivity contribution in [1.82, 2.24) is 9.97 Å². The second-order valence-corrected chi connectivity index (χ2v) is 6.28. The maximum Gasteiger partial charge on any atom is 0.0633 e. The van der Waals surface area contributed by atoms with Crippen molar-refractivity contribution in [3.05, 3.63) is 24.3 Å². The Labute approximate surface area is 104 Å². The van der Waals surface area contributed by atoms with Gasteiger partial charge in [0.2, 0.25) is 0 Å². The van der Waals surface area contributed by atoms with Crippen molar-refractivity contribution < 1.29 is 0 Å². The zero-order chi connectivity index (χ0) is 12.5. The second-order valence-electron chi connectivity index (χ2n) is 6.28. The smallest absolute Gasteiger partial charge is 0.0633 e. The predicted molar refractivity (Wildman–Crippen MR) is 69.5 cm³/mol. The Morgan fingerprint density at radius 1 is 1.24 bits per heavy atom. The molecule has 0 spiro atoms. The summed E-state index contributed by atoms with van der Waals surface area (Å²) in [6, 6.07) is 0.241. The number of aromatic nitrogens is 2. The molecular weight excluding hydrogens is 210 g/mol. The molecule has 1 saturated carbocycles. The molecule has 0 bridgehead atoms. The number of hydrogen-bond donors (Lipinski definition) is 1. The van der Waals surface area contributed by atoms with Crippen molar-refractivity contribution in [2.24, 2.45) is 17.1 Å². The highest BCUT2D eigenvalue weighted by Crippen LogP contribution is 2.42. The van der Waals surface area contributed by atoms with Gasteiger partial charge in [-0.2, -0.15) is 0 Å². The Morgan fingerprint density at radius 3 is 2.59 bits per heavy atom. The Hall–Kier alpha value is -0.960. The molecule has 1 aliphatic rings. The Kier molecular flexibility index (Phi) is 3.48. The lowest BCUT2D eigenvalue weighted by atomic mass is 9.67. The third-order valence-corrected chi connectivity index (χ3v) is 4.09. The van der Waals surface area contributed by atoms with Crippen LogP contribution in [0.2, 0.25) is 0 Å². The largest absolute Gasteiger partial charge is 0.327 e. The van der Waals surface area contributed by atoms with Gasteiger partial charge in [-0.3, -0.25) is 9.97 Å². The molecule has 3 unspecified atom stereocenters. The van der Waals surface area contributed by atoms with Crippen LogP contribution in [0.15, 0.2) is 18.6 Å². The maximum atomic E-state index is 6.25. The van der Waals surface area contributed by atoms with Gasteiger partial charge in [0, 0.05) is 30.6 Å². The van der Waals surface area contributed by atoms with Gasteiger partial charge in [0.15, 0.2) is 0 Å². The van der Waals surface area contributed by atoms with Crippen LogP contribution in [0.5, 0.6) is 0 Å². The number of nitrogens with two attached hydrogens (primary N) is 1. The van der Waals surface area contributed by atoms with Gasteiger partial charge < -0.3 is 5.73 Å². The molecular formula is C14H23N3. The molecule has 17 heavy (non-hydrogen) atoms. The third-order valence-electron chi connectivity index (χ3n) is 4.09. The summed E-state index contributed by atoms with van der Waals surface area (Å²) in [5.41, 5.74) is 7.67. The summed E-state index contributed by atoms with van der Waals surface area (Å²) in [4.78, 5) is 8.59. The molecule has 2 N–H and O–H groups in total. The predicted octanol–water partition coefficient (Wildman–Crippen LogP) is 2.73. The van der Waals surface area contributed by atoms with E-state index in [1.54, 1.807) is 12.4 Å². The summed E-state index contributed by atoms with van der Waals surface area (Å²) in [5, 5.41) is 0. The monoisotopic (exact) mass is 233 g/mol. The van der Waals surface area contributed by atoms with Crippen molar-refractivity contribution >= 4 is 0 Å². The molecule has 0 amide bonds. The van der Waals surface area contributed by atoms with Gasteiger partial charge in [0.25, 0.3) is 0 Å². The molecule has 3 atom stereocenters. The molecule has 1 aliphatic carbocycles. The quantitative estimate of drug-likeness (QED) is 0.811. The number of rotatable bonds is 1. The average molecular weight is 233 g/mol. The fourth-order valence-corrected chi connectivity index (χ4v) is 2.82. The van der Waals surface area contributed by atoms with Gasteiger partial charge in [-0.25, -0.2) is 0 Å². The molecule has 1 aromatic rings. The first-order valence-corrected chi connectivity index (χ1v) is 6.50. The van der Waals surface area contributed by atoms with E-state index in [4.69, 9.17) is 5.73 Å². The number of nitrogens with zero attached hydrogens (tertiary/aromatic N) is 2. The summed E-state index contributed by atoms with van der Waals surface area (Å²) in [6.45, 7) is 6.97. The van der Waals surface area contributed by atoms with Crippen LogP contribution >= 0.6 is 0 Å². The van der Waals surface area contributed by atoms with Gasteiger partial charge in [-0.05, 0) is 30.6 Å². The van der Waals surface area contributed by atoms with E-state index in [1.807, 2.05) is 6.20 Å². The minimum Gasteiger partial charge on any atom is -0.327 e. The molecule has 1 aromatic heterocycles. The average Bonchev–Trinajstić information content (AvgIpc) is 2.29. The van der Waals surface area contributed by atoms with Crippen LogP contribution in [-0.4, -0.2) is 16.0 Å². The fourth-order valence-electron chi connectivity index (χ4n) is 2.82. The van der Waals surface area contributed by atoms with Crippen LogP contribution in [0.4, 0.5) is 0 Å². The van der Waals surface area contributed by atoms with Gasteiger partial charge >= 0.3 is 0 Å². The van der Waals surface area contributed by atoms with E-state index < -0.39 is 0 Å². The van der Waals surface area contributed by atoms with Crippen molar-refractivity contribution in [2.45, 2.75) is 52.0 Å². The van der Waals surface area contributed by atoms with E-state index in [-0.39, 0.29) is 6.04 Å². The fraction of sp³-hybridized carbons (Fsp3) is 0.714. The van der Waals surface area contributed by atoms with E-state index in [1.165, 1.54) is 6.42 Å². The first-order valence-electron chi connectivity index (χ1n) is 6.50. The standard InChI is InChI=1S/C14H23N3/c1-14(2,3)10-4-5-12(15)11(8-10)13-9-16-6-7-17-13/h6-7,9-12H,4-5,8,15H2,1-3H3. The minimum atomic E-state index is 0.241. The molecule has 0 aromatic carbocycles. The highest BCUT2D eigenvalue weighted by atomic mass is 14.8. The van der Waals surface area contributed by atoms with E-state index in [9.17, 15) is 0 Å². The summed E-state index contributed by atoms with van der Waals surface area (Å²) >= 11 is 0. The van der Waals surface area contributed by atoms with E-state index >= 15 is 0 Å². The molecule has 3 nitrogen and oxygen atoms in total. The SMILES string of the molecule is CC(C)(C)C1CCC(N)C(c2cnccn2)C1. The molecule has 2 rings (SSSR count). The molecule has 94 valence electrons. The summed E-state index contributed by atoms with van der Waals surface area (Å²) in [5.74, 6) is 1.11. The lowest BCUT2D eigenvalue weighted by molar-refractivity contribution is 0.152. The molecule has 0 saturated heterocycles. The van der Waals surface area contributed by atoms with Gasteiger partial charge in [0.05, 0.1) is 5.69 Å². The Bertz CT molecular complexity index is 355. The molecule has 0 aliphatic heterocycles. The van der Waals surface area contributed by atoms with E-state index in [0.717, 1.165) is 24.5 Å². The topological polar surface area (TPSA) is 51.8 Å². The van der Waals surface area contributed by atoms with Crippen LogP contribution < -0.4 is 5.73 Å². The van der Waals surface area contributed by atoms with Crippen LogP contribution in [0.1, 0.15) is 51.6 Å². The zero-order valence-electron chi connectivity index (χ0n) is 11.1. The lowest BCUT2D eigenvalue weighted by Crippen LogP contribution is -2.38. The summed E-state index contributed by atoms with van der Waals surface area (Å²) in [6.07, 6.45) is 8.84.